The summed E-state index contributed by atoms with van der Waals surface area (Å²) in [5, 5.41) is 0. The molecule has 1 aromatic carbocycles. The van der Waals surface area contributed by atoms with E-state index < -0.39 is 0 Å². The molecular formula is C19H30O. The van der Waals surface area contributed by atoms with E-state index in [2.05, 4.69) is 45.9 Å². The van der Waals surface area contributed by atoms with Gasteiger partial charge in [0.2, 0.25) is 0 Å². The Bertz CT molecular complexity index is 439. The minimum atomic E-state index is 0.0765. The molecule has 0 bridgehead atoms. The third-order valence-electron chi connectivity index (χ3n) is 5.41. The number of hydrogen-bond donors (Lipinski definition) is 0. The quantitative estimate of drug-likeness (QED) is 0.744. The van der Waals surface area contributed by atoms with Gasteiger partial charge in [0.15, 0.2) is 0 Å². The van der Waals surface area contributed by atoms with Gasteiger partial charge < -0.3 is 4.74 Å². The molecule has 0 amide bonds. The molecule has 112 valence electrons. The molecule has 1 fully saturated rings. The van der Waals surface area contributed by atoms with E-state index in [1.807, 2.05) is 7.11 Å². The molecule has 1 aromatic rings. The summed E-state index contributed by atoms with van der Waals surface area (Å²) in [5.74, 6) is 1.70. The van der Waals surface area contributed by atoms with Crippen LogP contribution < -0.4 is 0 Å². The average Bonchev–Trinajstić information content (AvgIpc) is 2.43. The minimum absolute atomic E-state index is 0.0765. The number of hydrogen-bond acceptors (Lipinski definition) is 1. The molecule has 0 heterocycles. The second kappa shape index (κ2) is 6.30. The fourth-order valence-corrected chi connectivity index (χ4v) is 3.57. The van der Waals surface area contributed by atoms with Crippen LogP contribution in [0.1, 0.15) is 56.2 Å². The highest BCUT2D eigenvalue weighted by Gasteiger charge is 2.36. The molecule has 0 aliphatic heterocycles. The Hall–Kier alpha value is -0.820. The highest BCUT2D eigenvalue weighted by atomic mass is 16.5. The Morgan fingerprint density at radius 1 is 1.15 bits per heavy atom. The lowest BCUT2D eigenvalue weighted by Crippen LogP contribution is -2.39. The summed E-state index contributed by atoms with van der Waals surface area (Å²) in [7, 11) is 1.90. The van der Waals surface area contributed by atoms with Crippen molar-refractivity contribution in [3.05, 3.63) is 34.9 Å². The van der Waals surface area contributed by atoms with Crippen LogP contribution >= 0.6 is 0 Å². The maximum Gasteiger partial charge on any atom is 0.0719 e. The van der Waals surface area contributed by atoms with Gasteiger partial charge in [-0.15, -0.1) is 0 Å². The first-order chi connectivity index (χ1) is 9.46. The highest BCUT2D eigenvalue weighted by Crippen LogP contribution is 2.39. The van der Waals surface area contributed by atoms with Crippen LogP contribution in [-0.2, 0) is 11.2 Å². The van der Waals surface area contributed by atoms with Gasteiger partial charge >= 0.3 is 0 Å². The van der Waals surface area contributed by atoms with Gasteiger partial charge in [-0.05, 0) is 68.1 Å². The van der Waals surface area contributed by atoms with Crippen LogP contribution in [0.2, 0.25) is 0 Å². The first-order valence-corrected chi connectivity index (χ1v) is 8.07. The van der Waals surface area contributed by atoms with Crippen LogP contribution in [-0.4, -0.2) is 12.7 Å². The van der Waals surface area contributed by atoms with Gasteiger partial charge in [-0.2, -0.15) is 0 Å². The Morgan fingerprint density at radius 3 is 2.30 bits per heavy atom. The van der Waals surface area contributed by atoms with Gasteiger partial charge in [0.1, 0.15) is 0 Å². The van der Waals surface area contributed by atoms with Crippen molar-refractivity contribution in [1.29, 1.82) is 0 Å². The van der Waals surface area contributed by atoms with Crippen LogP contribution in [0.5, 0.6) is 0 Å². The van der Waals surface area contributed by atoms with Gasteiger partial charge in [0.05, 0.1) is 5.60 Å². The SMILES string of the molecule is COC1(Cc2ccc(C)c(C)c2)CCC(C(C)C)CC1. The maximum absolute atomic E-state index is 5.98. The largest absolute Gasteiger partial charge is 0.378 e. The molecule has 0 radical (unpaired) electrons. The molecule has 0 aromatic heterocycles. The molecular weight excluding hydrogens is 244 g/mol. The standard InChI is InChI=1S/C19H30O/c1-14(2)18-8-10-19(20-5,11-9-18)13-17-7-6-15(3)16(4)12-17/h6-7,12,14,18H,8-11,13H2,1-5H3. The molecule has 2 rings (SSSR count). The van der Waals surface area contributed by atoms with E-state index in [0.29, 0.717) is 0 Å². The Labute approximate surface area is 124 Å². The van der Waals surface area contributed by atoms with Crippen LogP contribution in [0, 0.1) is 25.7 Å². The van der Waals surface area contributed by atoms with Crippen molar-refractivity contribution in [2.75, 3.05) is 7.11 Å². The summed E-state index contributed by atoms with van der Waals surface area (Å²) < 4.78 is 5.98. The van der Waals surface area contributed by atoms with Crippen molar-refractivity contribution >= 4 is 0 Å². The van der Waals surface area contributed by atoms with E-state index in [4.69, 9.17) is 4.74 Å². The van der Waals surface area contributed by atoms with E-state index >= 15 is 0 Å². The number of benzene rings is 1. The highest BCUT2D eigenvalue weighted by molar-refractivity contribution is 5.30. The molecule has 20 heavy (non-hydrogen) atoms. The molecule has 1 nitrogen and oxygen atoms in total. The second-order valence-electron chi connectivity index (χ2n) is 7.06. The smallest absolute Gasteiger partial charge is 0.0719 e. The van der Waals surface area contributed by atoms with Crippen LogP contribution in [0.25, 0.3) is 0 Å². The Morgan fingerprint density at radius 2 is 1.80 bits per heavy atom. The van der Waals surface area contributed by atoms with E-state index in [1.54, 1.807) is 0 Å². The number of rotatable bonds is 4. The van der Waals surface area contributed by atoms with Crippen molar-refractivity contribution in [1.82, 2.24) is 0 Å². The third-order valence-corrected chi connectivity index (χ3v) is 5.41. The summed E-state index contributed by atoms with van der Waals surface area (Å²) in [4.78, 5) is 0. The van der Waals surface area contributed by atoms with Gasteiger partial charge in [0.25, 0.3) is 0 Å². The molecule has 1 saturated carbocycles. The Kier molecular flexibility index (Phi) is 4.90. The summed E-state index contributed by atoms with van der Waals surface area (Å²) in [6.45, 7) is 9.09. The average molecular weight is 274 g/mol. The lowest BCUT2D eigenvalue weighted by Gasteiger charge is -2.40. The molecule has 0 saturated heterocycles. The monoisotopic (exact) mass is 274 g/mol. The van der Waals surface area contributed by atoms with E-state index in [9.17, 15) is 0 Å². The predicted octanol–water partition coefficient (Wildman–Crippen LogP) is 5.08. The second-order valence-corrected chi connectivity index (χ2v) is 7.06. The summed E-state index contributed by atoms with van der Waals surface area (Å²) >= 11 is 0. The van der Waals surface area contributed by atoms with Gasteiger partial charge in [-0.25, -0.2) is 0 Å². The van der Waals surface area contributed by atoms with Crippen molar-refractivity contribution in [2.45, 2.75) is 65.4 Å². The lowest BCUT2D eigenvalue weighted by molar-refractivity contribution is -0.0525. The molecule has 0 atom stereocenters. The number of aryl methyl sites for hydroxylation is 2. The van der Waals surface area contributed by atoms with Crippen molar-refractivity contribution in [3.8, 4) is 0 Å². The van der Waals surface area contributed by atoms with Gasteiger partial charge in [0, 0.05) is 13.5 Å². The first-order valence-electron chi connectivity index (χ1n) is 8.07. The topological polar surface area (TPSA) is 9.23 Å². The molecule has 1 heteroatoms. The first kappa shape index (κ1) is 15.6. The fourth-order valence-electron chi connectivity index (χ4n) is 3.57. The minimum Gasteiger partial charge on any atom is -0.378 e. The molecule has 1 aliphatic rings. The van der Waals surface area contributed by atoms with Gasteiger partial charge in [-0.3, -0.25) is 0 Å². The van der Waals surface area contributed by atoms with E-state index in [-0.39, 0.29) is 5.60 Å². The van der Waals surface area contributed by atoms with Crippen molar-refractivity contribution in [3.63, 3.8) is 0 Å². The number of ether oxygens (including phenoxy) is 1. The van der Waals surface area contributed by atoms with Crippen molar-refractivity contribution in [2.24, 2.45) is 11.8 Å². The lowest BCUT2D eigenvalue weighted by atomic mass is 9.72. The molecule has 0 N–H and O–H groups in total. The maximum atomic E-state index is 5.98. The normalized spacial score (nSPS) is 27.0. The fraction of sp³-hybridized carbons (Fsp3) is 0.684. The molecule has 0 spiro atoms. The van der Waals surface area contributed by atoms with Crippen molar-refractivity contribution < 1.29 is 4.74 Å². The van der Waals surface area contributed by atoms with E-state index in [1.165, 1.54) is 42.4 Å². The molecule has 1 aliphatic carbocycles. The van der Waals surface area contributed by atoms with Crippen LogP contribution in [0.15, 0.2) is 18.2 Å². The number of methoxy groups -OCH3 is 1. The summed E-state index contributed by atoms with van der Waals surface area (Å²) in [6.07, 6.45) is 6.11. The summed E-state index contributed by atoms with van der Waals surface area (Å²) in [5.41, 5.74) is 4.28. The zero-order chi connectivity index (χ0) is 14.8. The van der Waals surface area contributed by atoms with Crippen LogP contribution in [0.4, 0.5) is 0 Å². The van der Waals surface area contributed by atoms with Gasteiger partial charge in [-0.1, -0.05) is 32.0 Å². The zero-order valence-corrected chi connectivity index (χ0v) is 13.8. The third kappa shape index (κ3) is 3.44. The predicted molar refractivity (Wildman–Crippen MR) is 86.2 cm³/mol. The Balaban J connectivity index is 2.07. The molecule has 0 unspecified atom stereocenters. The van der Waals surface area contributed by atoms with Crippen LogP contribution in [0.3, 0.4) is 0 Å². The summed E-state index contributed by atoms with van der Waals surface area (Å²) in [6, 6.07) is 6.86. The van der Waals surface area contributed by atoms with E-state index in [0.717, 1.165) is 18.3 Å². The zero-order valence-electron chi connectivity index (χ0n) is 13.8.